The second-order valence-electron chi connectivity index (χ2n) is 5.11. The van der Waals surface area contributed by atoms with Gasteiger partial charge in [-0.05, 0) is 17.8 Å². The van der Waals surface area contributed by atoms with E-state index in [1.807, 2.05) is 0 Å². The molecule has 0 bridgehead atoms. The van der Waals surface area contributed by atoms with Crippen molar-refractivity contribution in [3.8, 4) is 5.19 Å². The van der Waals surface area contributed by atoms with Crippen LogP contribution in [-0.4, -0.2) is 65.9 Å². The van der Waals surface area contributed by atoms with Crippen LogP contribution in [0.15, 0.2) is 0 Å². The van der Waals surface area contributed by atoms with E-state index < -0.39 is 12.3 Å². The number of nitrogens with zero attached hydrogens (tertiary/aromatic N) is 4. The van der Waals surface area contributed by atoms with Gasteiger partial charge in [-0.1, -0.05) is 24.9 Å². The predicted octanol–water partition coefficient (Wildman–Crippen LogP) is 1.31. The van der Waals surface area contributed by atoms with Gasteiger partial charge in [-0.3, -0.25) is 0 Å². The number of ether oxygens (including phenoxy) is 2. The minimum Gasteiger partial charge on any atom is -0.469 e. The summed E-state index contributed by atoms with van der Waals surface area (Å²) in [7, 11) is 3.15. The molecule has 0 aliphatic carbocycles. The van der Waals surface area contributed by atoms with Gasteiger partial charge in [0.1, 0.15) is 6.04 Å². The number of carbonyl (C=O) groups is 1. The number of carbonyl (C=O) groups excluding carboxylic acids is 1. The molecule has 9 heteroatoms. The van der Waals surface area contributed by atoms with Crippen molar-refractivity contribution < 1.29 is 19.4 Å². The average molecular weight is 330 g/mol. The second-order valence-corrected chi connectivity index (χ2v) is 6.02. The lowest BCUT2D eigenvalue weighted by molar-refractivity contribution is 0.0633. The molecule has 0 aromatic carbocycles. The summed E-state index contributed by atoms with van der Waals surface area (Å²) in [5.74, 6) is 0. The number of amides is 2. The maximum absolute atomic E-state index is 12.2. The number of unbranched alkanes of at least 4 members (excludes halogenated alkanes) is 2. The molecule has 1 fully saturated rings. The first-order chi connectivity index (χ1) is 10.6. The van der Waals surface area contributed by atoms with E-state index in [1.165, 1.54) is 16.9 Å². The number of aliphatic hydroxyl groups is 1. The van der Waals surface area contributed by atoms with E-state index >= 15 is 0 Å². The topological polar surface area (TPSA) is 88.0 Å². The monoisotopic (exact) mass is 330 g/mol. The van der Waals surface area contributed by atoms with Crippen LogP contribution < -0.4 is 9.64 Å². The first kappa shape index (κ1) is 16.9. The smallest absolute Gasteiger partial charge is 0.328 e. The summed E-state index contributed by atoms with van der Waals surface area (Å²) in [5, 5.41) is 18.9. The molecule has 2 heterocycles. The Hall–Kier alpha value is -1.45. The molecule has 2 atom stereocenters. The van der Waals surface area contributed by atoms with E-state index in [1.54, 1.807) is 7.05 Å². The summed E-state index contributed by atoms with van der Waals surface area (Å²) in [6.07, 6.45) is 2.15. The maximum Gasteiger partial charge on any atom is 0.328 e. The molecule has 2 amide bonds. The number of rotatable bonds is 8. The third-order valence-corrected chi connectivity index (χ3v) is 4.36. The van der Waals surface area contributed by atoms with Gasteiger partial charge >= 0.3 is 6.03 Å². The lowest BCUT2D eigenvalue weighted by atomic mass is 10.3. The van der Waals surface area contributed by atoms with Gasteiger partial charge in [0.05, 0.1) is 13.2 Å². The van der Waals surface area contributed by atoms with Crippen molar-refractivity contribution in [3.63, 3.8) is 0 Å². The minimum atomic E-state index is -1.02. The van der Waals surface area contributed by atoms with E-state index in [0.717, 1.165) is 30.6 Å². The van der Waals surface area contributed by atoms with Gasteiger partial charge in [0, 0.05) is 14.2 Å². The molecule has 1 aliphatic rings. The van der Waals surface area contributed by atoms with Gasteiger partial charge in [0.2, 0.25) is 5.13 Å². The minimum absolute atomic E-state index is 0.249. The molecule has 0 saturated carbocycles. The Labute approximate surface area is 133 Å². The van der Waals surface area contributed by atoms with E-state index in [9.17, 15) is 9.90 Å². The summed E-state index contributed by atoms with van der Waals surface area (Å²) in [5.41, 5.74) is 0. The lowest BCUT2D eigenvalue weighted by Crippen LogP contribution is -2.39. The predicted molar refractivity (Wildman–Crippen MR) is 82.2 cm³/mol. The molecule has 1 aliphatic heterocycles. The van der Waals surface area contributed by atoms with Crippen LogP contribution in [0.3, 0.4) is 0 Å². The highest BCUT2D eigenvalue weighted by atomic mass is 32.1. The summed E-state index contributed by atoms with van der Waals surface area (Å²) in [6.45, 7) is 2.95. The Morgan fingerprint density at radius 3 is 2.82 bits per heavy atom. The van der Waals surface area contributed by atoms with Gasteiger partial charge in [-0.15, -0.1) is 5.10 Å². The Kier molecular flexibility index (Phi) is 5.92. The third kappa shape index (κ3) is 3.47. The molecule has 1 aromatic rings. The number of methoxy groups -OCH3 is 1. The molecular formula is C13H22N4O4S. The molecule has 1 saturated heterocycles. The van der Waals surface area contributed by atoms with Gasteiger partial charge < -0.3 is 19.5 Å². The van der Waals surface area contributed by atoms with Gasteiger partial charge in [-0.2, -0.15) is 0 Å². The quantitative estimate of drug-likeness (QED) is 0.723. The standard InChI is InChI=1S/C13H22N4O4S/c1-4-5-6-7-21-12-15-14-11(22-12)17-10(18)9(8-20-3)16(2)13(17)19/h9-10,18H,4-8H2,1-3H3. The molecular weight excluding hydrogens is 308 g/mol. The Balaban J connectivity index is 2.02. The third-order valence-electron chi connectivity index (χ3n) is 3.53. The number of aliphatic hydroxyl groups excluding tert-OH is 1. The molecule has 124 valence electrons. The maximum atomic E-state index is 12.2. The second kappa shape index (κ2) is 7.70. The van der Waals surface area contributed by atoms with Gasteiger partial charge in [-0.25, -0.2) is 9.69 Å². The van der Waals surface area contributed by atoms with E-state index in [-0.39, 0.29) is 12.6 Å². The lowest BCUT2D eigenvalue weighted by Gasteiger charge is -2.19. The van der Waals surface area contributed by atoms with Crippen molar-refractivity contribution in [1.29, 1.82) is 0 Å². The van der Waals surface area contributed by atoms with Gasteiger partial charge in [0.15, 0.2) is 6.23 Å². The van der Waals surface area contributed by atoms with Crippen LogP contribution in [0, 0.1) is 0 Å². The Bertz CT molecular complexity index is 498. The highest BCUT2D eigenvalue weighted by Crippen LogP contribution is 2.32. The van der Waals surface area contributed by atoms with Crippen molar-refractivity contribution in [1.82, 2.24) is 15.1 Å². The normalized spacial score (nSPS) is 21.7. The Morgan fingerprint density at radius 2 is 2.14 bits per heavy atom. The van der Waals surface area contributed by atoms with E-state index in [4.69, 9.17) is 9.47 Å². The number of likely N-dealkylation sites (N-methyl/N-ethyl adjacent to an activating group) is 1. The zero-order chi connectivity index (χ0) is 16.1. The Morgan fingerprint density at radius 1 is 1.36 bits per heavy atom. The van der Waals surface area contributed by atoms with Crippen LogP contribution in [0.4, 0.5) is 9.93 Å². The van der Waals surface area contributed by atoms with Gasteiger partial charge in [0.25, 0.3) is 5.19 Å². The van der Waals surface area contributed by atoms with E-state index in [0.29, 0.717) is 16.9 Å². The number of aromatic nitrogens is 2. The summed E-state index contributed by atoms with van der Waals surface area (Å²) in [6, 6.07) is -0.765. The van der Waals surface area contributed by atoms with Crippen LogP contribution >= 0.6 is 11.3 Å². The molecule has 8 nitrogen and oxygen atoms in total. The number of anilines is 1. The zero-order valence-electron chi connectivity index (χ0n) is 13.1. The van der Waals surface area contributed by atoms with Crippen molar-refractivity contribution in [3.05, 3.63) is 0 Å². The fourth-order valence-electron chi connectivity index (χ4n) is 2.23. The van der Waals surface area contributed by atoms with Crippen LogP contribution in [0.2, 0.25) is 0 Å². The van der Waals surface area contributed by atoms with Crippen LogP contribution in [0.25, 0.3) is 0 Å². The molecule has 22 heavy (non-hydrogen) atoms. The summed E-state index contributed by atoms with van der Waals surface area (Å²) in [4.78, 5) is 14.9. The van der Waals surface area contributed by atoms with Crippen molar-refractivity contribution in [2.45, 2.75) is 38.5 Å². The average Bonchev–Trinajstić information content (AvgIpc) is 3.03. The zero-order valence-corrected chi connectivity index (χ0v) is 13.9. The van der Waals surface area contributed by atoms with Crippen molar-refractivity contribution in [2.24, 2.45) is 0 Å². The molecule has 0 radical (unpaired) electrons. The molecule has 2 rings (SSSR count). The fraction of sp³-hybridized carbons (Fsp3) is 0.769. The molecule has 1 N–H and O–H groups in total. The fourth-order valence-corrected chi connectivity index (χ4v) is 2.98. The first-order valence-electron chi connectivity index (χ1n) is 7.29. The van der Waals surface area contributed by atoms with Crippen LogP contribution in [-0.2, 0) is 4.74 Å². The summed E-state index contributed by atoms with van der Waals surface area (Å²) >= 11 is 1.15. The van der Waals surface area contributed by atoms with Crippen LogP contribution in [0.5, 0.6) is 5.19 Å². The number of hydrogen-bond donors (Lipinski definition) is 1. The summed E-state index contributed by atoms with van der Waals surface area (Å²) < 4.78 is 10.5. The van der Waals surface area contributed by atoms with Crippen LogP contribution in [0.1, 0.15) is 26.2 Å². The van der Waals surface area contributed by atoms with Crippen molar-refractivity contribution in [2.75, 3.05) is 32.3 Å². The first-order valence-corrected chi connectivity index (χ1v) is 8.11. The molecule has 2 unspecified atom stereocenters. The molecule has 1 aromatic heterocycles. The number of urea groups is 1. The highest BCUT2D eigenvalue weighted by Gasteiger charge is 2.45. The largest absolute Gasteiger partial charge is 0.469 e. The SMILES string of the molecule is CCCCCOc1nnc(N2C(=O)N(C)C(COC)C2O)s1. The molecule has 0 spiro atoms. The van der Waals surface area contributed by atoms with E-state index in [2.05, 4.69) is 17.1 Å². The highest BCUT2D eigenvalue weighted by molar-refractivity contribution is 7.17. The van der Waals surface area contributed by atoms with Crippen molar-refractivity contribution >= 4 is 22.5 Å². The number of hydrogen-bond acceptors (Lipinski definition) is 7.